The second-order valence-electron chi connectivity index (χ2n) is 4.74. The van der Waals surface area contributed by atoms with Crippen LogP contribution in [0.4, 0.5) is 5.69 Å². The zero-order chi connectivity index (χ0) is 14.3. The van der Waals surface area contributed by atoms with Gasteiger partial charge in [-0.3, -0.25) is 0 Å². The number of benzene rings is 1. The van der Waals surface area contributed by atoms with Crippen LogP contribution in [0.5, 0.6) is 0 Å². The first-order valence-electron chi connectivity index (χ1n) is 6.80. The zero-order valence-electron chi connectivity index (χ0n) is 11.9. The van der Waals surface area contributed by atoms with Gasteiger partial charge in [-0.15, -0.1) is 0 Å². The fourth-order valence-electron chi connectivity index (χ4n) is 1.97. The lowest BCUT2D eigenvalue weighted by Crippen LogP contribution is -2.22. The molecule has 0 aromatic heterocycles. The molecule has 0 saturated carbocycles. The van der Waals surface area contributed by atoms with Crippen LogP contribution < -0.4 is 10.0 Å². The Kier molecular flexibility index (Phi) is 6.31. The van der Waals surface area contributed by atoms with Crippen molar-refractivity contribution in [3.8, 4) is 0 Å². The highest BCUT2D eigenvalue weighted by Crippen LogP contribution is 2.22. The number of rotatable bonds is 8. The van der Waals surface area contributed by atoms with Crippen molar-refractivity contribution >= 4 is 15.7 Å². The van der Waals surface area contributed by atoms with Gasteiger partial charge in [0.1, 0.15) is 4.90 Å². The molecule has 0 aliphatic rings. The van der Waals surface area contributed by atoms with Crippen molar-refractivity contribution in [1.82, 2.24) is 4.72 Å². The molecule has 1 aromatic rings. The van der Waals surface area contributed by atoms with E-state index in [2.05, 4.69) is 23.9 Å². The third-order valence-corrected chi connectivity index (χ3v) is 4.56. The molecule has 0 saturated heterocycles. The lowest BCUT2D eigenvalue weighted by Gasteiger charge is -2.17. The fourth-order valence-corrected chi connectivity index (χ4v) is 2.86. The van der Waals surface area contributed by atoms with Crippen molar-refractivity contribution in [2.24, 2.45) is 0 Å². The third kappa shape index (κ3) is 4.84. The van der Waals surface area contributed by atoms with Gasteiger partial charge < -0.3 is 5.32 Å². The number of sulfonamides is 1. The Morgan fingerprint density at radius 3 is 2.53 bits per heavy atom. The number of hydrogen-bond acceptors (Lipinski definition) is 3. The maximum atomic E-state index is 11.9. The number of para-hydroxylation sites is 1. The van der Waals surface area contributed by atoms with Gasteiger partial charge in [0.05, 0.1) is 5.69 Å². The van der Waals surface area contributed by atoms with Crippen LogP contribution in [-0.2, 0) is 10.0 Å². The molecule has 2 N–H and O–H groups in total. The summed E-state index contributed by atoms with van der Waals surface area (Å²) >= 11 is 0. The van der Waals surface area contributed by atoms with Crippen molar-refractivity contribution in [2.45, 2.75) is 50.5 Å². The molecule has 0 radical (unpaired) electrons. The second-order valence-corrected chi connectivity index (χ2v) is 6.60. The topological polar surface area (TPSA) is 58.2 Å². The predicted octanol–water partition coefficient (Wildman–Crippen LogP) is 2.98. The number of hydrogen-bond donors (Lipinski definition) is 2. The Hall–Kier alpha value is -1.07. The van der Waals surface area contributed by atoms with Crippen molar-refractivity contribution in [3.05, 3.63) is 24.3 Å². The highest BCUT2D eigenvalue weighted by atomic mass is 32.2. The Balaban J connectivity index is 2.79. The van der Waals surface area contributed by atoms with E-state index in [9.17, 15) is 8.42 Å². The first-order valence-corrected chi connectivity index (χ1v) is 8.28. The van der Waals surface area contributed by atoms with E-state index in [4.69, 9.17) is 0 Å². The minimum absolute atomic E-state index is 0.264. The van der Waals surface area contributed by atoms with Gasteiger partial charge in [0.15, 0.2) is 0 Å². The molecular formula is C14H24N2O2S. The molecule has 0 fully saturated rings. The van der Waals surface area contributed by atoms with Crippen molar-refractivity contribution in [1.29, 1.82) is 0 Å². The monoisotopic (exact) mass is 284 g/mol. The average molecular weight is 284 g/mol. The summed E-state index contributed by atoms with van der Waals surface area (Å²) in [4.78, 5) is 0.305. The van der Waals surface area contributed by atoms with Crippen LogP contribution in [-0.4, -0.2) is 21.5 Å². The van der Waals surface area contributed by atoms with Gasteiger partial charge in [0, 0.05) is 6.04 Å². The van der Waals surface area contributed by atoms with Crippen LogP contribution in [0.2, 0.25) is 0 Å². The second kappa shape index (κ2) is 7.50. The molecule has 0 bridgehead atoms. The summed E-state index contributed by atoms with van der Waals surface area (Å²) in [6, 6.07) is 7.26. The minimum atomic E-state index is -3.41. The summed E-state index contributed by atoms with van der Waals surface area (Å²) in [6.45, 7) is 4.26. The molecule has 0 amide bonds. The molecule has 0 aliphatic carbocycles. The Morgan fingerprint density at radius 1 is 1.21 bits per heavy atom. The molecule has 1 rings (SSSR count). The molecule has 19 heavy (non-hydrogen) atoms. The summed E-state index contributed by atoms with van der Waals surface area (Å²) < 4.78 is 26.2. The van der Waals surface area contributed by atoms with Crippen LogP contribution >= 0.6 is 0 Å². The van der Waals surface area contributed by atoms with Gasteiger partial charge in [0.2, 0.25) is 10.0 Å². The maximum absolute atomic E-state index is 11.9. The van der Waals surface area contributed by atoms with Gasteiger partial charge in [-0.2, -0.15) is 0 Å². The van der Waals surface area contributed by atoms with Gasteiger partial charge in [-0.1, -0.05) is 38.3 Å². The highest BCUT2D eigenvalue weighted by Gasteiger charge is 2.16. The van der Waals surface area contributed by atoms with Crippen LogP contribution in [0, 0.1) is 0 Å². The zero-order valence-corrected chi connectivity index (χ0v) is 12.8. The Morgan fingerprint density at radius 2 is 1.89 bits per heavy atom. The molecule has 5 heteroatoms. The van der Waals surface area contributed by atoms with Crippen molar-refractivity contribution < 1.29 is 8.42 Å². The SMILES string of the molecule is CCCCCC(C)Nc1ccccc1S(=O)(=O)NC. The van der Waals surface area contributed by atoms with E-state index in [-0.39, 0.29) is 6.04 Å². The molecule has 108 valence electrons. The summed E-state index contributed by atoms with van der Waals surface area (Å²) in [5.74, 6) is 0. The van der Waals surface area contributed by atoms with E-state index in [0.29, 0.717) is 10.6 Å². The van der Waals surface area contributed by atoms with E-state index >= 15 is 0 Å². The molecule has 1 unspecified atom stereocenters. The molecule has 0 spiro atoms. The summed E-state index contributed by atoms with van der Waals surface area (Å²) in [7, 11) is -1.98. The summed E-state index contributed by atoms with van der Waals surface area (Å²) in [6.07, 6.45) is 4.60. The molecular weight excluding hydrogens is 260 g/mol. The lowest BCUT2D eigenvalue weighted by atomic mass is 10.1. The Labute approximate surface area is 116 Å². The highest BCUT2D eigenvalue weighted by molar-refractivity contribution is 7.89. The predicted molar refractivity (Wildman–Crippen MR) is 79.9 cm³/mol. The number of anilines is 1. The summed E-state index contributed by atoms with van der Waals surface area (Å²) in [5, 5.41) is 3.29. The van der Waals surface area contributed by atoms with Crippen LogP contribution in [0.1, 0.15) is 39.5 Å². The van der Waals surface area contributed by atoms with Crippen molar-refractivity contribution in [3.63, 3.8) is 0 Å². The molecule has 1 aromatic carbocycles. The van der Waals surface area contributed by atoms with Crippen LogP contribution in [0.15, 0.2) is 29.2 Å². The van der Waals surface area contributed by atoms with Gasteiger partial charge >= 0.3 is 0 Å². The van der Waals surface area contributed by atoms with E-state index in [0.717, 1.165) is 12.8 Å². The smallest absolute Gasteiger partial charge is 0.242 e. The van der Waals surface area contributed by atoms with Crippen LogP contribution in [0.3, 0.4) is 0 Å². The largest absolute Gasteiger partial charge is 0.381 e. The van der Waals surface area contributed by atoms with E-state index in [1.54, 1.807) is 18.2 Å². The quantitative estimate of drug-likeness (QED) is 0.722. The summed E-state index contributed by atoms with van der Waals surface area (Å²) in [5.41, 5.74) is 0.667. The molecule has 0 aliphatic heterocycles. The lowest BCUT2D eigenvalue weighted by molar-refractivity contribution is 0.587. The first kappa shape index (κ1) is 16.0. The molecule has 4 nitrogen and oxygen atoms in total. The standard InChI is InChI=1S/C14H24N2O2S/c1-4-5-6-9-12(2)16-13-10-7-8-11-14(13)19(17,18)15-3/h7-8,10-12,15-16H,4-6,9H2,1-3H3. The van der Waals surface area contributed by atoms with Gasteiger partial charge in [0.25, 0.3) is 0 Å². The number of unbranched alkanes of at least 4 members (excludes halogenated alkanes) is 2. The van der Waals surface area contributed by atoms with E-state index in [1.165, 1.54) is 19.9 Å². The van der Waals surface area contributed by atoms with Crippen molar-refractivity contribution in [2.75, 3.05) is 12.4 Å². The van der Waals surface area contributed by atoms with Gasteiger partial charge in [-0.05, 0) is 32.5 Å². The molecule has 1 atom stereocenters. The molecule has 0 heterocycles. The minimum Gasteiger partial charge on any atom is -0.381 e. The number of nitrogens with one attached hydrogen (secondary N) is 2. The average Bonchev–Trinajstić information content (AvgIpc) is 2.39. The van der Waals surface area contributed by atoms with Gasteiger partial charge in [-0.25, -0.2) is 13.1 Å². The van der Waals surface area contributed by atoms with E-state index in [1.807, 2.05) is 6.07 Å². The van der Waals surface area contributed by atoms with E-state index < -0.39 is 10.0 Å². The first-order chi connectivity index (χ1) is 9.01. The van der Waals surface area contributed by atoms with Crippen LogP contribution in [0.25, 0.3) is 0 Å². The normalized spacial score (nSPS) is 13.2. The third-order valence-electron chi connectivity index (χ3n) is 3.09. The fraction of sp³-hybridized carbons (Fsp3) is 0.571. The Bertz CT molecular complexity index is 486. The maximum Gasteiger partial charge on any atom is 0.242 e.